The number of hydrogen-bond donors (Lipinski definition) is 4. The van der Waals surface area contributed by atoms with Crippen molar-refractivity contribution in [3.05, 3.63) is 87.3 Å². The lowest BCUT2D eigenvalue weighted by Gasteiger charge is -2.28. The third kappa shape index (κ3) is 9.60. The molecule has 0 unspecified atom stereocenters. The molecule has 2 aromatic carbocycles. The van der Waals surface area contributed by atoms with Crippen LogP contribution in [0.4, 0.5) is 32.2 Å². The van der Waals surface area contributed by atoms with Crippen LogP contribution in [0.25, 0.3) is 22.0 Å². The van der Waals surface area contributed by atoms with Crippen LogP contribution in [-0.4, -0.2) is 90.6 Å². The molecule has 1 aliphatic heterocycles. The quantitative estimate of drug-likeness (QED) is 0.0539. The van der Waals surface area contributed by atoms with Gasteiger partial charge in [-0.3, -0.25) is 24.6 Å². The zero-order valence-electron chi connectivity index (χ0n) is 35.2. The molecule has 2 aromatic heterocycles. The smallest absolute Gasteiger partial charge is 0.287 e. The van der Waals surface area contributed by atoms with Crippen LogP contribution in [0, 0.1) is 17.0 Å². The van der Waals surface area contributed by atoms with E-state index in [9.17, 15) is 39.2 Å². The number of ether oxygens (including phenoxy) is 1. The number of pyridine rings is 1. The van der Waals surface area contributed by atoms with E-state index in [-0.39, 0.29) is 66.0 Å². The van der Waals surface area contributed by atoms with Gasteiger partial charge in [-0.2, -0.15) is 13.9 Å². The van der Waals surface area contributed by atoms with Gasteiger partial charge in [0.1, 0.15) is 17.3 Å². The van der Waals surface area contributed by atoms with E-state index in [1.807, 2.05) is 0 Å². The van der Waals surface area contributed by atoms with Crippen molar-refractivity contribution < 1.29 is 52.7 Å². The maximum Gasteiger partial charge on any atom is 0.287 e. The van der Waals surface area contributed by atoms with Gasteiger partial charge in [0.05, 0.1) is 74.4 Å². The summed E-state index contributed by atoms with van der Waals surface area (Å²) in [5.41, 5.74) is -1.41. The van der Waals surface area contributed by atoms with Gasteiger partial charge in [0.15, 0.2) is 15.7 Å². The van der Waals surface area contributed by atoms with Gasteiger partial charge in [-0.1, -0.05) is 23.7 Å². The average Bonchev–Trinajstić information content (AvgIpc) is 4.14. The molecule has 4 N–H and O–H groups in total. The highest BCUT2D eigenvalue weighted by Crippen LogP contribution is 2.44. The number of aryl methyl sites for hydroxylation is 1. The van der Waals surface area contributed by atoms with E-state index in [0.29, 0.717) is 54.1 Å². The summed E-state index contributed by atoms with van der Waals surface area (Å²) in [5, 5.41) is 16.7. The van der Waals surface area contributed by atoms with E-state index in [2.05, 4.69) is 20.5 Å². The summed E-state index contributed by atoms with van der Waals surface area (Å²) < 4.78 is 148. The predicted molar refractivity (Wildman–Crippen MR) is 232 cm³/mol. The summed E-state index contributed by atoms with van der Waals surface area (Å²) in [4.78, 5) is 18.9. The summed E-state index contributed by atoms with van der Waals surface area (Å²) in [6, 6.07) is 7.47. The largest absolute Gasteiger partial charge is 0.377 e. The van der Waals surface area contributed by atoms with E-state index in [1.165, 1.54) is 6.07 Å². The number of hydrogen-bond acceptors (Lipinski definition) is 10. The number of sulfonamides is 1. The topological polar surface area (TPSA) is 185 Å². The lowest BCUT2D eigenvalue weighted by Crippen LogP contribution is -2.40. The van der Waals surface area contributed by atoms with Crippen LogP contribution >= 0.6 is 11.6 Å². The molecule has 3 fully saturated rings. The maximum atomic E-state index is 15.0. The number of carbonyl (C=O) groups is 1. The second-order valence-corrected chi connectivity index (χ2v) is 22.8. The normalized spacial score (nSPS) is 18.6. The number of rotatable bonds is 19. The van der Waals surface area contributed by atoms with Crippen LogP contribution in [0.1, 0.15) is 87.8 Å². The standard InChI is InChI=1S/C43H46ClF6N7O6S2/c1-42(2,64(59,60)27-4-5-27)13-11-25-3-8-29(30-9-10-32(44)35-38(30)57(26-20-63-21-26)55-41(35)56-65(61,62)28-6-7-28)37(53-25)33(17-22-15-23(45)18-24(46)16-22)54-34(58)19-52-39-31(36(51)40(47)48)12-14-43(39,49)50/h3,8-10,15-16,18,26-28,33,40,51-52H,4-7,11-14,17,19-21H2,1-2H3,(H,54,58)(H,55,56)/t33-/m0/s1. The fourth-order valence-electron chi connectivity index (χ4n) is 8.29. The van der Waals surface area contributed by atoms with Gasteiger partial charge in [-0.15, -0.1) is 0 Å². The number of anilines is 1. The van der Waals surface area contributed by atoms with Gasteiger partial charge < -0.3 is 15.4 Å². The highest BCUT2D eigenvalue weighted by Gasteiger charge is 2.46. The molecule has 13 nitrogen and oxygen atoms in total. The first-order valence-corrected chi connectivity index (χ1v) is 24.5. The number of amides is 1. The minimum Gasteiger partial charge on any atom is -0.377 e. The molecule has 22 heteroatoms. The Kier molecular flexibility index (Phi) is 12.6. The van der Waals surface area contributed by atoms with E-state index < -0.39 is 107 Å². The Balaban J connectivity index is 1.26. The van der Waals surface area contributed by atoms with E-state index in [0.717, 1.165) is 12.1 Å². The average molecular weight is 970 g/mol. The molecule has 3 aliphatic carbocycles. The number of fused-ring (bicyclic) bond motifs is 1. The molecule has 350 valence electrons. The van der Waals surface area contributed by atoms with Crippen molar-refractivity contribution in [2.75, 3.05) is 24.5 Å². The third-order valence-electron chi connectivity index (χ3n) is 12.3. The molecule has 2 saturated carbocycles. The Morgan fingerprint density at radius 3 is 2.28 bits per heavy atom. The number of nitrogens with zero attached hydrogens (tertiary/aromatic N) is 3. The van der Waals surface area contributed by atoms with Gasteiger partial charge >= 0.3 is 0 Å². The maximum absolute atomic E-state index is 15.0. The van der Waals surface area contributed by atoms with Crippen molar-refractivity contribution in [1.82, 2.24) is 25.4 Å². The lowest BCUT2D eigenvalue weighted by atomic mass is 9.93. The molecule has 65 heavy (non-hydrogen) atoms. The number of allylic oxidation sites excluding steroid dienone is 2. The predicted octanol–water partition coefficient (Wildman–Crippen LogP) is 7.75. The van der Waals surface area contributed by atoms with Crippen LogP contribution < -0.4 is 15.4 Å². The number of carbonyl (C=O) groups excluding carboxylic acids is 1. The van der Waals surface area contributed by atoms with Crippen molar-refractivity contribution in [1.29, 1.82) is 5.41 Å². The Bertz CT molecular complexity index is 2810. The molecule has 0 radical (unpaired) electrons. The molecular formula is C43H46ClF6N7O6S2. The van der Waals surface area contributed by atoms with Crippen LogP contribution in [-0.2, 0) is 42.2 Å². The van der Waals surface area contributed by atoms with Crippen molar-refractivity contribution in [3.63, 3.8) is 0 Å². The molecule has 0 spiro atoms. The molecule has 8 rings (SSSR count). The number of sulfone groups is 1. The first-order chi connectivity index (χ1) is 30.6. The second-order valence-electron chi connectivity index (χ2n) is 17.6. The fourth-order valence-corrected chi connectivity index (χ4v) is 11.9. The van der Waals surface area contributed by atoms with E-state index in [1.54, 1.807) is 36.7 Å². The van der Waals surface area contributed by atoms with E-state index >= 15 is 8.78 Å². The Morgan fingerprint density at radius 2 is 1.66 bits per heavy atom. The fraction of sp³-hybridized carbons (Fsp3) is 0.488. The van der Waals surface area contributed by atoms with Crippen molar-refractivity contribution in [3.8, 4) is 11.1 Å². The first kappa shape index (κ1) is 46.8. The summed E-state index contributed by atoms with van der Waals surface area (Å²) >= 11 is 6.83. The highest BCUT2D eigenvalue weighted by molar-refractivity contribution is 7.93. The number of aromatic nitrogens is 3. The first-order valence-electron chi connectivity index (χ1n) is 21.1. The van der Waals surface area contributed by atoms with Gasteiger partial charge in [-0.05, 0) is 95.0 Å². The second kappa shape index (κ2) is 17.5. The number of halogens is 7. The van der Waals surface area contributed by atoms with Gasteiger partial charge in [-0.25, -0.2) is 34.4 Å². The van der Waals surface area contributed by atoms with E-state index in [4.69, 9.17) is 26.7 Å². The van der Waals surface area contributed by atoms with Crippen LogP contribution in [0.5, 0.6) is 0 Å². The number of alkyl halides is 4. The molecule has 1 saturated heterocycles. The summed E-state index contributed by atoms with van der Waals surface area (Å²) in [6.45, 7) is 2.79. The molecule has 4 aromatic rings. The van der Waals surface area contributed by atoms with Gasteiger partial charge in [0.2, 0.25) is 15.9 Å². The van der Waals surface area contributed by atoms with Crippen molar-refractivity contribution >= 4 is 59.8 Å². The Morgan fingerprint density at radius 1 is 1.00 bits per heavy atom. The molecule has 4 aliphatic rings. The molecule has 0 bridgehead atoms. The number of nitrogens with one attached hydrogen (secondary N) is 4. The zero-order chi connectivity index (χ0) is 46.8. The van der Waals surface area contributed by atoms with Crippen molar-refractivity contribution in [2.24, 2.45) is 0 Å². The Hall–Kier alpha value is -4.73. The number of benzene rings is 2. The SMILES string of the molecule is CC(C)(CCc1ccc(-c2ccc(Cl)c3c(NS(=O)(=O)C4CC4)nn(C4COC4)c23)c([C@H](Cc2cc(F)cc(F)c2)NC(=O)CNC2=C(C(=N)C(F)F)CCC2(F)F)n1)S(=O)(=O)C1CC1. The third-order valence-corrected chi connectivity index (χ3v) is 17.5. The van der Waals surface area contributed by atoms with Crippen LogP contribution in [0.2, 0.25) is 5.02 Å². The minimum absolute atomic E-state index is 0.0423. The van der Waals surface area contributed by atoms with Crippen LogP contribution in [0.3, 0.4) is 0 Å². The lowest BCUT2D eigenvalue weighted by molar-refractivity contribution is -0.121. The monoisotopic (exact) mass is 969 g/mol. The molecular weight excluding hydrogens is 924 g/mol. The van der Waals surface area contributed by atoms with Gasteiger partial charge in [0.25, 0.3) is 12.3 Å². The summed E-state index contributed by atoms with van der Waals surface area (Å²) in [5.74, 6) is -6.54. The van der Waals surface area contributed by atoms with Crippen molar-refractivity contribution in [2.45, 2.75) is 111 Å². The molecule has 1 atom stereocenters. The van der Waals surface area contributed by atoms with Crippen LogP contribution in [0.15, 0.2) is 53.7 Å². The molecule has 1 amide bonds. The minimum atomic E-state index is -3.86. The zero-order valence-corrected chi connectivity index (χ0v) is 37.6. The Labute approximate surface area is 376 Å². The highest BCUT2D eigenvalue weighted by atomic mass is 35.5. The summed E-state index contributed by atoms with van der Waals surface area (Å²) in [6.07, 6.45) is -2.78. The molecule has 3 heterocycles. The van der Waals surface area contributed by atoms with Gasteiger partial charge in [0, 0.05) is 34.9 Å². The summed E-state index contributed by atoms with van der Waals surface area (Å²) in [7, 11) is -7.38.